The molecule has 0 saturated carbocycles. The zero-order valence-corrected chi connectivity index (χ0v) is 45.5. The van der Waals surface area contributed by atoms with Crippen molar-refractivity contribution >= 4 is 64.8 Å². The first-order chi connectivity index (χ1) is 29.1. The molecule has 0 aromatic rings. The second-order valence-corrected chi connectivity index (χ2v) is 25.8. The van der Waals surface area contributed by atoms with Gasteiger partial charge in [0.15, 0.2) is 0 Å². The molecule has 0 saturated heterocycles. The van der Waals surface area contributed by atoms with Crippen molar-refractivity contribution in [2.75, 3.05) is 94.4 Å². The number of rotatable bonds is 53. The summed E-state index contributed by atoms with van der Waals surface area (Å²) in [6.07, 6.45) is 45.7. The van der Waals surface area contributed by atoms with E-state index in [0.29, 0.717) is 0 Å². The molecule has 356 valence electrons. The molecule has 0 aromatic carbocycles. The van der Waals surface area contributed by atoms with Crippen LogP contribution in [-0.2, 0) is 0 Å². The van der Waals surface area contributed by atoms with Crippen LogP contribution in [0, 0.1) is 0 Å². The third-order valence-electron chi connectivity index (χ3n) is 11.5. The highest BCUT2D eigenvalue weighted by Crippen LogP contribution is 2.26. The van der Waals surface area contributed by atoms with Crippen LogP contribution >= 0.6 is 64.8 Å². The Hall–Kier alpha value is 1.98. The Morgan fingerprint density at radius 1 is 0.220 bits per heavy atom. The molecule has 9 heteroatoms. The fraction of sp³-hybridized carbons (Fsp3) is 1.00. The number of hydrogen-bond acceptors (Lipinski definition) is 9. The first kappa shape index (κ1) is 61.0. The van der Waals surface area contributed by atoms with Crippen LogP contribution in [0.4, 0.5) is 0 Å². The van der Waals surface area contributed by atoms with E-state index in [-0.39, 0.29) is 0 Å². The van der Waals surface area contributed by atoms with Gasteiger partial charge in [0.1, 0.15) is 0 Å². The molecule has 0 N–H and O–H groups in total. The van der Waals surface area contributed by atoms with Gasteiger partial charge < -0.3 is 14.7 Å². The Morgan fingerprint density at radius 3 is 0.712 bits per heavy atom. The second kappa shape index (κ2) is 54.3. The molecule has 0 aliphatic heterocycles. The van der Waals surface area contributed by atoms with Crippen LogP contribution in [0.2, 0.25) is 0 Å². The maximum absolute atomic E-state index is 2.82. The predicted octanol–water partition coefficient (Wildman–Crippen LogP) is 17.8. The summed E-state index contributed by atoms with van der Waals surface area (Å²) in [6.45, 7) is 15.7. The van der Waals surface area contributed by atoms with Crippen molar-refractivity contribution in [3.63, 3.8) is 0 Å². The van der Waals surface area contributed by atoms with E-state index < -0.39 is 0 Å². The molecule has 0 fully saturated rings. The molecule has 59 heavy (non-hydrogen) atoms. The maximum Gasteiger partial charge on any atom is 0.0165 e. The molecular formula is C50H105N3S6. The van der Waals surface area contributed by atoms with Gasteiger partial charge in [-0.15, -0.1) is 0 Å². The van der Waals surface area contributed by atoms with E-state index in [0.717, 1.165) is 0 Å². The van der Waals surface area contributed by atoms with Crippen molar-refractivity contribution in [2.45, 2.75) is 226 Å². The predicted molar refractivity (Wildman–Crippen MR) is 291 cm³/mol. The SMILES string of the molecule is CCCCCCCCCCCCSSCCN(CCCN(C)C)CCCN(CCSSCCCCCCCCCCCC)CCSSCCCCCCCCCCCC. The summed E-state index contributed by atoms with van der Waals surface area (Å²) in [4.78, 5) is 7.97. The standard InChI is InChI=1S/C50H105N3S6/c1-6-9-12-15-18-21-24-27-30-33-45-54-57-48-42-52(39-36-38-51(4)5)40-37-41-53(43-49-58-55-46-34-31-28-25-22-19-16-13-10-7-2)44-50-59-56-47-35-32-29-26-23-20-17-14-11-8-3/h6-50H2,1-5H3. The molecule has 0 aliphatic carbocycles. The van der Waals surface area contributed by atoms with Crippen molar-refractivity contribution in [2.24, 2.45) is 0 Å². The van der Waals surface area contributed by atoms with Crippen molar-refractivity contribution in [3.8, 4) is 0 Å². The van der Waals surface area contributed by atoms with Gasteiger partial charge in [0.2, 0.25) is 0 Å². The Bertz CT molecular complexity index is 719. The van der Waals surface area contributed by atoms with E-state index in [1.807, 2.05) is 0 Å². The van der Waals surface area contributed by atoms with Crippen LogP contribution in [0.5, 0.6) is 0 Å². The Labute approximate surface area is 397 Å². The lowest BCUT2D eigenvalue weighted by Gasteiger charge is -2.26. The van der Waals surface area contributed by atoms with Gasteiger partial charge in [-0.3, -0.25) is 0 Å². The van der Waals surface area contributed by atoms with Gasteiger partial charge in [-0.25, -0.2) is 0 Å². The summed E-state index contributed by atoms with van der Waals surface area (Å²) in [5.74, 6) is 7.83. The maximum atomic E-state index is 2.82. The smallest absolute Gasteiger partial charge is 0.0165 e. The van der Waals surface area contributed by atoms with Crippen LogP contribution in [0.15, 0.2) is 0 Å². The van der Waals surface area contributed by atoms with Crippen molar-refractivity contribution < 1.29 is 0 Å². The Morgan fingerprint density at radius 2 is 0.441 bits per heavy atom. The largest absolute Gasteiger partial charge is 0.309 e. The topological polar surface area (TPSA) is 9.72 Å². The molecule has 0 rings (SSSR count). The molecule has 0 bridgehead atoms. The minimum absolute atomic E-state index is 1.20. The Kier molecular flexibility index (Phi) is 56.1. The first-order valence-corrected chi connectivity index (χ1v) is 33.4. The molecule has 0 spiro atoms. The van der Waals surface area contributed by atoms with Crippen LogP contribution in [-0.4, -0.2) is 109 Å². The quantitative estimate of drug-likeness (QED) is 0.0432. The highest BCUT2D eigenvalue weighted by Gasteiger charge is 2.10. The molecule has 0 aromatic heterocycles. The van der Waals surface area contributed by atoms with Gasteiger partial charge >= 0.3 is 0 Å². The lowest BCUT2D eigenvalue weighted by molar-refractivity contribution is 0.237. The summed E-state index contributed by atoms with van der Waals surface area (Å²) in [6, 6.07) is 0. The van der Waals surface area contributed by atoms with Crippen LogP contribution in [0.3, 0.4) is 0 Å². The summed E-state index contributed by atoms with van der Waals surface area (Å²) >= 11 is 0. The minimum atomic E-state index is 1.20. The number of unbranched alkanes of at least 4 members (excludes halogenated alkanes) is 27. The lowest BCUT2D eigenvalue weighted by atomic mass is 10.1. The van der Waals surface area contributed by atoms with Crippen molar-refractivity contribution in [3.05, 3.63) is 0 Å². The molecule has 0 amide bonds. The van der Waals surface area contributed by atoms with E-state index in [9.17, 15) is 0 Å². The van der Waals surface area contributed by atoms with Gasteiger partial charge in [0.25, 0.3) is 0 Å². The zero-order valence-electron chi connectivity index (χ0n) is 40.6. The normalized spacial score (nSPS) is 12.0. The molecule has 0 atom stereocenters. The Balaban J connectivity index is 4.46. The second-order valence-electron chi connectivity index (χ2n) is 17.7. The van der Waals surface area contributed by atoms with Gasteiger partial charge in [-0.05, 0) is 72.4 Å². The van der Waals surface area contributed by atoms with E-state index in [2.05, 4.69) is 114 Å². The molecule has 0 heterocycles. The molecule has 0 unspecified atom stereocenters. The fourth-order valence-corrected chi connectivity index (χ4v) is 14.1. The monoisotopic (exact) mass is 940 g/mol. The van der Waals surface area contributed by atoms with E-state index in [1.54, 1.807) is 0 Å². The molecule has 0 aliphatic rings. The summed E-state index contributed by atoms with van der Waals surface area (Å²) < 4.78 is 0. The fourth-order valence-electron chi connectivity index (χ4n) is 7.60. The van der Waals surface area contributed by atoms with Crippen LogP contribution < -0.4 is 0 Å². The number of nitrogens with zero attached hydrogens (tertiary/aromatic N) is 3. The van der Waals surface area contributed by atoms with Gasteiger partial charge in [-0.2, -0.15) is 0 Å². The van der Waals surface area contributed by atoms with E-state index in [4.69, 9.17) is 0 Å². The number of hydrogen-bond donors (Lipinski definition) is 0. The highest BCUT2D eigenvalue weighted by atomic mass is 33.1. The third kappa shape index (κ3) is 52.5. The van der Waals surface area contributed by atoms with E-state index >= 15 is 0 Å². The summed E-state index contributed by atoms with van der Waals surface area (Å²) in [7, 11) is 17.3. The van der Waals surface area contributed by atoms with Gasteiger partial charge in [0, 0.05) is 54.2 Å². The summed E-state index contributed by atoms with van der Waals surface area (Å²) in [5, 5.41) is 0. The average Bonchev–Trinajstić information content (AvgIpc) is 3.23. The van der Waals surface area contributed by atoms with Crippen molar-refractivity contribution in [1.29, 1.82) is 0 Å². The zero-order chi connectivity index (χ0) is 42.8. The first-order valence-electron chi connectivity index (χ1n) is 26.0. The summed E-state index contributed by atoms with van der Waals surface area (Å²) in [5.41, 5.74) is 0. The minimum Gasteiger partial charge on any atom is -0.309 e. The molecule has 0 radical (unpaired) electrons. The van der Waals surface area contributed by atoms with Gasteiger partial charge in [-0.1, -0.05) is 259 Å². The molecular weight excluding hydrogens is 835 g/mol. The van der Waals surface area contributed by atoms with Crippen molar-refractivity contribution in [1.82, 2.24) is 14.7 Å². The molecule has 3 nitrogen and oxygen atoms in total. The average molecular weight is 941 g/mol. The third-order valence-corrected chi connectivity index (χ3v) is 18.9. The van der Waals surface area contributed by atoms with E-state index in [1.165, 1.54) is 286 Å². The van der Waals surface area contributed by atoms with Crippen LogP contribution in [0.1, 0.15) is 226 Å². The highest BCUT2D eigenvalue weighted by molar-refractivity contribution is 8.77. The van der Waals surface area contributed by atoms with Crippen LogP contribution in [0.25, 0.3) is 0 Å². The lowest BCUT2D eigenvalue weighted by Crippen LogP contribution is -2.34. The van der Waals surface area contributed by atoms with Gasteiger partial charge in [0.05, 0.1) is 0 Å².